The van der Waals surface area contributed by atoms with E-state index in [2.05, 4.69) is 5.32 Å². The van der Waals surface area contributed by atoms with Gasteiger partial charge in [0.15, 0.2) is 6.04 Å². The van der Waals surface area contributed by atoms with Gasteiger partial charge in [0, 0.05) is 13.5 Å². The number of aryl methyl sites for hydroxylation is 2. The number of rotatable bonds is 8. The molecule has 148 valence electrons. The van der Waals surface area contributed by atoms with E-state index in [1.807, 2.05) is 50.2 Å². The van der Waals surface area contributed by atoms with Gasteiger partial charge in [-0.3, -0.25) is 9.59 Å². The molecule has 0 aliphatic rings. The largest absolute Gasteiger partial charge is 0.479 e. The average molecular weight is 382 g/mol. The first-order chi connectivity index (χ1) is 13.3. The third-order valence-electron chi connectivity index (χ3n) is 4.42. The van der Waals surface area contributed by atoms with Crippen LogP contribution in [0.15, 0.2) is 48.5 Å². The summed E-state index contributed by atoms with van der Waals surface area (Å²) in [5.41, 5.74) is 3.41. The van der Waals surface area contributed by atoms with Crippen LogP contribution in [0.2, 0.25) is 0 Å². The van der Waals surface area contributed by atoms with E-state index in [1.165, 1.54) is 11.8 Å². The van der Waals surface area contributed by atoms with Crippen molar-refractivity contribution in [2.45, 2.75) is 33.2 Å². The van der Waals surface area contributed by atoms with Gasteiger partial charge in [-0.1, -0.05) is 59.7 Å². The molecule has 0 spiro atoms. The lowest BCUT2D eigenvalue weighted by Crippen LogP contribution is -2.43. The van der Waals surface area contributed by atoms with Gasteiger partial charge in [0.2, 0.25) is 11.8 Å². The molecule has 0 radical (unpaired) electrons. The average Bonchev–Trinajstić information content (AvgIpc) is 2.62. The van der Waals surface area contributed by atoms with E-state index >= 15 is 0 Å². The van der Waals surface area contributed by atoms with Gasteiger partial charge in [-0.2, -0.15) is 0 Å². The maximum absolute atomic E-state index is 12.5. The molecule has 6 nitrogen and oxygen atoms in total. The molecule has 28 heavy (non-hydrogen) atoms. The summed E-state index contributed by atoms with van der Waals surface area (Å²) >= 11 is 0. The maximum atomic E-state index is 12.5. The normalized spacial score (nSPS) is 11.5. The molecule has 2 rings (SSSR count). The van der Waals surface area contributed by atoms with Crippen LogP contribution in [0.5, 0.6) is 0 Å². The van der Waals surface area contributed by atoms with E-state index in [0.29, 0.717) is 18.5 Å². The molecule has 0 saturated carbocycles. The van der Waals surface area contributed by atoms with Gasteiger partial charge in [0.05, 0.1) is 6.54 Å². The summed E-state index contributed by atoms with van der Waals surface area (Å²) in [6, 6.07) is 13.9. The summed E-state index contributed by atoms with van der Waals surface area (Å²) in [7, 11) is 0. The highest BCUT2D eigenvalue weighted by Gasteiger charge is 2.24. The number of carboxylic acid groups (broad SMARTS) is 1. The van der Waals surface area contributed by atoms with E-state index in [9.17, 15) is 19.5 Å². The van der Waals surface area contributed by atoms with Crippen molar-refractivity contribution in [2.75, 3.05) is 13.1 Å². The van der Waals surface area contributed by atoms with Crippen LogP contribution in [0.25, 0.3) is 0 Å². The van der Waals surface area contributed by atoms with Crippen molar-refractivity contribution in [3.8, 4) is 0 Å². The van der Waals surface area contributed by atoms with Crippen molar-refractivity contribution in [1.29, 1.82) is 0 Å². The fourth-order valence-corrected chi connectivity index (χ4v) is 3.10. The van der Waals surface area contributed by atoms with Gasteiger partial charge in [0.1, 0.15) is 0 Å². The smallest absolute Gasteiger partial charge is 0.330 e. The molecular formula is C22H26N2O4. The van der Waals surface area contributed by atoms with Crippen molar-refractivity contribution < 1.29 is 19.5 Å². The van der Waals surface area contributed by atoms with Gasteiger partial charge in [0.25, 0.3) is 0 Å². The Bertz CT molecular complexity index is 829. The van der Waals surface area contributed by atoms with E-state index in [0.717, 1.165) is 16.7 Å². The van der Waals surface area contributed by atoms with Gasteiger partial charge >= 0.3 is 5.97 Å². The lowest BCUT2D eigenvalue weighted by atomic mass is 10.0. The standard InChI is InChI=1S/C22H26N2O4/c1-15-11-16(2)13-19(12-15)21(22(27)28)23-20(26)14-24(17(3)25)10-9-18-7-5-4-6-8-18/h4-8,11-13,21H,9-10,14H2,1-3H3,(H,23,26)(H,27,28). The Hall–Kier alpha value is -3.15. The third-order valence-corrected chi connectivity index (χ3v) is 4.42. The van der Waals surface area contributed by atoms with Gasteiger partial charge < -0.3 is 15.3 Å². The molecule has 2 aromatic rings. The molecule has 2 aromatic carbocycles. The number of nitrogens with one attached hydrogen (secondary N) is 1. The Morgan fingerprint density at radius 3 is 2.18 bits per heavy atom. The molecule has 0 aliphatic heterocycles. The number of nitrogens with zero attached hydrogens (tertiary/aromatic N) is 1. The molecule has 0 aromatic heterocycles. The van der Waals surface area contributed by atoms with Crippen LogP contribution in [0, 0.1) is 13.8 Å². The molecule has 0 bridgehead atoms. The van der Waals surface area contributed by atoms with Crippen LogP contribution < -0.4 is 5.32 Å². The van der Waals surface area contributed by atoms with Crippen LogP contribution >= 0.6 is 0 Å². The van der Waals surface area contributed by atoms with Gasteiger partial charge in [-0.05, 0) is 31.4 Å². The number of benzene rings is 2. The highest BCUT2D eigenvalue weighted by Crippen LogP contribution is 2.17. The monoisotopic (exact) mass is 382 g/mol. The zero-order valence-electron chi connectivity index (χ0n) is 16.4. The van der Waals surface area contributed by atoms with Gasteiger partial charge in [-0.25, -0.2) is 4.79 Å². The first kappa shape index (κ1) is 21.2. The Morgan fingerprint density at radius 2 is 1.64 bits per heavy atom. The number of carboxylic acids is 1. The molecular weight excluding hydrogens is 356 g/mol. The SMILES string of the molecule is CC(=O)N(CCc1ccccc1)CC(=O)NC(C(=O)O)c1cc(C)cc(C)c1. The Labute approximate surface area is 165 Å². The molecule has 0 heterocycles. The highest BCUT2D eigenvalue weighted by atomic mass is 16.4. The second kappa shape index (κ2) is 9.69. The second-order valence-corrected chi connectivity index (χ2v) is 6.94. The Kier molecular flexibility index (Phi) is 7.32. The third kappa shape index (κ3) is 6.23. The minimum Gasteiger partial charge on any atom is -0.479 e. The predicted octanol–water partition coefficient (Wildman–Crippen LogP) is 2.64. The number of carbonyl (C=O) groups is 3. The first-order valence-electron chi connectivity index (χ1n) is 9.16. The molecule has 0 saturated heterocycles. The minimum absolute atomic E-state index is 0.184. The fourth-order valence-electron chi connectivity index (χ4n) is 3.10. The second-order valence-electron chi connectivity index (χ2n) is 6.94. The lowest BCUT2D eigenvalue weighted by Gasteiger charge is -2.22. The maximum Gasteiger partial charge on any atom is 0.330 e. The highest BCUT2D eigenvalue weighted by molar-refractivity contribution is 5.88. The molecule has 2 amide bonds. The quantitative estimate of drug-likeness (QED) is 0.735. The topological polar surface area (TPSA) is 86.7 Å². The summed E-state index contributed by atoms with van der Waals surface area (Å²) in [5.74, 6) is -1.88. The number of hydrogen-bond donors (Lipinski definition) is 2. The van der Waals surface area contributed by atoms with Crippen LogP contribution in [0.4, 0.5) is 0 Å². The van der Waals surface area contributed by atoms with Crippen molar-refractivity contribution >= 4 is 17.8 Å². The number of hydrogen-bond acceptors (Lipinski definition) is 3. The van der Waals surface area contributed by atoms with Crippen LogP contribution in [0.3, 0.4) is 0 Å². The summed E-state index contributed by atoms with van der Waals surface area (Å²) in [4.78, 5) is 37.5. The first-order valence-corrected chi connectivity index (χ1v) is 9.16. The molecule has 1 atom stereocenters. The van der Waals surface area contributed by atoms with E-state index in [1.54, 1.807) is 12.1 Å². The number of amides is 2. The summed E-state index contributed by atoms with van der Waals surface area (Å²) < 4.78 is 0. The summed E-state index contributed by atoms with van der Waals surface area (Å²) in [5, 5.41) is 12.1. The van der Waals surface area contributed by atoms with E-state index in [4.69, 9.17) is 0 Å². The molecule has 0 aliphatic carbocycles. The predicted molar refractivity (Wildman–Crippen MR) is 107 cm³/mol. The summed E-state index contributed by atoms with van der Waals surface area (Å²) in [6.07, 6.45) is 0.618. The van der Waals surface area contributed by atoms with Crippen LogP contribution in [0.1, 0.15) is 35.2 Å². The molecule has 1 unspecified atom stereocenters. The zero-order chi connectivity index (χ0) is 20.7. The number of carbonyl (C=O) groups excluding carboxylic acids is 2. The van der Waals surface area contributed by atoms with Crippen LogP contribution in [-0.4, -0.2) is 40.9 Å². The van der Waals surface area contributed by atoms with Crippen LogP contribution in [-0.2, 0) is 20.8 Å². The van der Waals surface area contributed by atoms with Gasteiger partial charge in [-0.15, -0.1) is 0 Å². The van der Waals surface area contributed by atoms with Crippen molar-refractivity contribution in [3.05, 3.63) is 70.8 Å². The number of aliphatic carboxylic acids is 1. The molecule has 6 heteroatoms. The molecule has 2 N–H and O–H groups in total. The van der Waals surface area contributed by atoms with E-state index < -0.39 is 17.9 Å². The Balaban J connectivity index is 2.05. The van der Waals surface area contributed by atoms with Crippen molar-refractivity contribution in [2.24, 2.45) is 0 Å². The summed E-state index contributed by atoms with van der Waals surface area (Å²) in [6.45, 7) is 5.35. The van der Waals surface area contributed by atoms with Crippen molar-refractivity contribution in [3.63, 3.8) is 0 Å². The van der Waals surface area contributed by atoms with Crippen molar-refractivity contribution in [1.82, 2.24) is 10.2 Å². The lowest BCUT2D eigenvalue weighted by molar-refractivity contribution is -0.142. The Morgan fingerprint density at radius 1 is 1.04 bits per heavy atom. The zero-order valence-corrected chi connectivity index (χ0v) is 16.4. The minimum atomic E-state index is -1.16. The fraction of sp³-hybridized carbons (Fsp3) is 0.318. The molecule has 0 fully saturated rings. The van der Waals surface area contributed by atoms with E-state index in [-0.39, 0.29) is 12.5 Å².